The number of carbonyl (C=O) groups excluding carboxylic acids is 3. The SMILES string of the molecule is O=C(NC(C(=O)N1CCN(C(=O)c2ccc([N+](=O)[O-])cc2)CC1)S(=O)(=O)c1ccc(F)cc1)c1cccs1. The molecule has 1 aromatic heterocycles. The highest BCUT2D eigenvalue weighted by Crippen LogP contribution is 2.20. The molecule has 1 atom stereocenters. The third-order valence-corrected chi connectivity index (χ3v) is 8.63. The molecule has 0 aliphatic carbocycles. The molecule has 2 aromatic carbocycles. The lowest BCUT2D eigenvalue weighted by molar-refractivity contribution is -0.384. The van der Waals surface area contributed by atoms with Crippen molar-refractivity contribution in [3.63, 3.8) is 0 Å². The lowest BCUT2D eigenvalue weighted by atomic mass is 10.1. The number of carbonyl (C=O) groups is 3. The summed E-state index contributed by atoms with van der Waals surface area (Å²) in [5.41, 5.74) is 0.0744. The Morgan fingerprint density at radius 3 is 2.11 bits per heavy atom. The van der Waals surface area contributed by atoms with E-state index in [1.165, 1.54) is 40.1 Å². The number of thiophene rings is 1. The number of non-ortho nitro benzene ring substituents is 1. The molecule has 11 nitrogen and oxygen atoms in total. The van der Waals surface area contributed by atoms with Crippen LogP contribution in [0.25, 0.3) is 0 Å². The van der Waals surface area contributed by atoms with Crippen LogP contribution in [0, 0.1) is 15.9 Å². The van der Waals surface area contributed by atoms with Gasteiger partial charge in [-0.3, -0.25) is 24.5 Å². The summed E-state index contributed by atoms with van der Waals surface area (Å²) in [4.78, 5) is 51.8. The Morgan fingerprint density at radius 1 is 0.947 bits per heavy atom. The molecule has 0 radical (unpaired) electrons. The van der Waals surface area contributed by atoms with Gasteiger partial charge in [0.15, 0.2) is 0 Å². The number of amides is 3. The number of nitrogens with zero attached hydrogens (tertiary/aromatic N) is 3. The number of halogens is 1. The maximum atomic E-state index is 13.4. The standard InChI is InChI=1S/C24H21FN4O7S2/c25-17-5-9-19(10-6-17)38(35,36)22(26-21(30)20-2-1-15-37-20)24(32)28-13-11-27(12-14-28)23(31)16-3-7-18(8-4-16)29(33)34/h1-10,15,22H,11-14H2,(H,26,30). The van der Waals surface area contributed by atoms with E-state index in [0.29, 0.717) is 0 Å². The zero-order chi connectivity index (χ0) is 27.4. The van der Waals surface area contributed by atoms with Crippen molar-refractivity contribution in [2.75, 3.05) is 26.2 Å². The highest BCUT2D eigenvalue weighted by atomic mass is 32.2. The minimum Gasteiger partial charge on any atom is -0.336 e. The number of nitro benzene ring substituents is 1. The summed E-state index contributed by atoms with van der Waals surface area (Å²) < 4.78 is 40.1. The minimum atomic E-state index is -4.46. The van der Waals surface area contributed by atoms with Crippen LogP contribution in [-0.4, -0.2) is 72.4 Å². The number of rotatable bonds is 7. The van der Waals surface area contributed by atoms with Gasteiger partial charge in [0.05, 0.1) is 14.7 Å². The zero-order valence-electron chi connectivity index (χ0n) is 19.7. The average molecular weight is 561 g/mol. The third-order valence-electron chi connectivity index (χ3n) is 5.89. The van der Waals surface area contributed by atoms with Crippen molar-refractivity contribution in [2.24, 2.45) is 0 Å². The molecule has 1 unspecified atom stereocenters. The van der Waals surface area contributed by atoms with Gasteiger partial charge >= 0.3 is 0 Å². The molecule has 0 saturated carbocycles. The van der Waals surface area contributed by atoms with Gasteiger partial charge in [-0.2, -0.15) is 0 Å². The Kier molecular flexibility index (Phi) is 7.83. The van der Waals surface area contributed by atoms with Gasteiger partial charge in [0.1, 0.15) is 5.82 Å². The monoisotopic (exact) mass is 560 g/mol. The Hall–Kier alpha value is -4.17. The Morgan fingerprint density at radius 2 is 1.55 bits per heavy atom. The van der Waals surface area contributed by atoms with Gasteiger partial charge in [0, 0.05) is 43.9 Å². The summed E-state index contributed by atoms with van der Waals surface area (Å²) in [6.45, 7) is 0.122. The van der Waals surface area contributed by atoms with E-state index >= 15 is 0 Å². The van der Waals surface area contributed by atoms with Crippen LogP contribution in [0.5, 0.6) is 0 Å². The first-order valence-corrected chi connectivity index (χ1v) is 13.7. The van der Waals surface area contributed by atoms with Crippen molar-refractivity contribution < 1.29 is 32.1 Å². The van der Waals surface area contributed by atoms with Gasteiger partial charge in [0.25, 0.3) is 23.4 Å². The van der Waals surface area contributed by atoms with E-state index < -0.39 is 43.7 Å². The minimum absolute atomic E-state index is 0.0120. The van der Waals surface area contributed by atoms with E-state index in [2.05, 4.69) is 5.32 Å². The number of nitrogens with one attached hydrogen (secondary N) is 1. The average Bonchev–Trinajstić information content (AvgIpc) is 3.46. The molecule has 14 heteroatoms. The van der Waals surface area contributed by atoms with Crippen LogP contribution in [0.4, 0.5) is 10.1 Å². The summed E-state index contributed by atoms with van der Waals surface area (Å²) in [6, 6.07) is 12.1. The van der Waals surface area contributed by atoms with Crippen LogP contribution in [0.2, 0.25) is 0 Å². The molecule has 0 spiro atoms. The Balaban J connectivity index is 1.51. The number of sulfone groups is 1. The molecular weight excluding hydrogens is 539 g/mol. The topological polar surface area (TPSA) is 147 Å². The summed E-state index contributed by atoms with van der Waals surface area (Å²) >= 11 is 1.07. The summed E-state index contributed by atoms with van der Waals surface area (Å²) in [5.74, 6) is -2.70. The van der Waals surface area contributed by atoms with Crippen LogP contribution >= 0.6 is 11.3 Å². The molecule has 4 rings (SSSR count). The lowest BCUT2D eigenvalue weighted by Gasteiger charge is -2.36. The van der Waals surface area contributed by atoms with Gasteiger partial charge in [-0.15, -0.1) is 11.3 Å². The molecular formula is C24H21FN4O7S2. The van der Waals surface area contributed by atoms with Gasteiger partial charge in [-0.1, -0.05) is 6.07 Å². The zero-order valence-corrected chi connectivity index (χ0v) is 21.3. The van der Waals surface area contributed by atoms with Crippen LogP contribution < -0.4 is 5.32 Å². The van der Waals surface area contributed by atoms with Crippen molar-refractivity contribution in [2.45, 2.75) is 10.3 Å². The second kappa shape index (κ2) is 11.1. The molecule has 1 saturated heterocycles. The molecule has 3 amide bonds. The summed E-state index contributed by atoms with van der Waals surface area (Å²) in [7, 11) is -4.46. The van der Waals surface area contributed by atoms with Crippen molar-refractivity contribution in [1.29, 1.82) is 0 Å². The fraction of sp³-hybridized carbons (Fsp3) is 0.208. The van der Waals surface area contributed by atoms with Crippen molar-refractivity contribution in [1.82, 2.24) is 15.1 Å². The van der Waals surface area contributed by atoms with Crippen LogP contribution in [-0.2, 0) is 14.6 Å². The first-order chi connectivity index (χ1) is 18.1. The third kappa shape index (κ3) is 5.70. The van der Waals surface area contributed by atoms with E-state index in [-0.39, 0.29) is 47.2 Å². The smallest absolute Gasteiger partial charge is 0.269 e. The Bertz CT molecular complexity index is 1450. The number of piperazine rings is 1. The molecule has 1 aliphatic rings. The molecule has 2 heterocycles. The largest absolute Gasteiger partial charge is 0.336 e. The molecule has 1 N–H and O–H groups in total. The highest BCUT2D eigenvalue weighted by Gasteiger charge is 2.40. The van der Waals surface area contributed by atoms with Crippen molar-refractivity contribution >= 4 is 44.6 Å². The molecule has 1 aliphatic heterocycles. The predicted molar refractivity (Wildman–Crippen MR) is 135 cm³/mol. The molecule has 3 aromatic rings. The second-order valence-electron chi connectivity index (χ2n) is 8.25. The van der Waals surface area contributed by atoms with Crippen molar-refractivity contribution in [3.8, 4) is 0 Å². The fourth-order valence-electron chi connectivity index (χ4n) is 3.83. The fourth-order valence-corrected chi connectivity index (χ4v) is 5.93. The lowest BCUT2D eigenvalue weighted by Crippen LogP contribution is -2.57. The van der Waals surface area contributed by atoms with Gasteiger partial charge < -0.3 is 15.1 Å². The second-order valence-corrected chi connectivity index (χ2v) is 11.2. The van der Waals surface area contributed by atoms with Crippen LogP contribution in [0.15, 0.2) is 70.9 Å². The number of benzene rings is 2. The molecule has 38 heavy (non-hydrogen) atoms. The maximum absolute atomic E-state index is 13.4. The quantitative estimate of drug-likeness (QED) is 0.265. The maximum Gasteiger partial charge on any atom is 0.269 e. The number of nitro groups is 1. The van der Waals surface area contributed by atoms with Gasteiger partial charge in [-0.25, -0.2) is 12.8 Å². The highest BCUT2D eigenvalue weighted by molar-refractivity contribution is 7.92. The van der Waals surface area contributed by atoms with E-state index in [1.807, 2.05) is 0 Å². The summed E-state index contributed by atoms with van der Waals surface area (Å²) in [5, 5.41) is 12.8. The number of hydrogen-bond acceptors (Lipinski definition) is 8. The summed E-state index contributed by atoms with van der Waals surface area (Å²) in [6.07, 6.45) is 0. The van der Waals surface area contributed by atoms with Crippen LogP contribution in [0.3, 0.4) is 0 Å². The predicted octanol–water partition coefficient (Wildman–Crippen LogP) is 2.31. The first-order valence-electron chi connectivity index (χ1n) is 11.2. The molecule has 0 bridgehead atoms. The molecule has 198 valence electrons. The van der Waals surface area contributed by atoms with Crippen LogP contribution in [0.1, 0.15) is 20.0 Å². The van der Waals surface area contributed by atoms with E-state index in [1.54, 1.807) is 11.4 Å². The first kappa shape index (κ1) is 26.9. The van der Waals surface area contributed by atoms with Crippen molar-refractivity contribution in [3.05, 3.63) is 92.4 Å². The number of hydrogen-bond donors (Lipinski definition) is 1. The van der Waals surface area contributed by atoms with E-state index in [0.717, 1.165) is 35.6 Å². The van der Waals surface area contributed by atoms with Gasteiger partial charge in [-0.05, 0) is 47.8 Å². The van der Waals surface area contributed by atoms with Gasteiger partial charge in [0.2, 0.25) is 15.2 Å². The normalized spacial score (nSPS) is 14.6. The van der Waals surface area contributed by atoms with E-state index in [4.69, 9.17) is 0 Å². The van der Waals surface area contributed by atoms with E-state index in [9.17, 15) is 37.3 Å². The molecule has 1 fully saturated rings. The Labute approximate surface area is 220 Å².